The van der Waals surface area contributed by atoms with E-state index >= 15 is 0 Å². The van der Waals surface area contributed by atoms with Crippen LogP contribution in [0.15, 0.2) is 54.6 Å². The van der Waals surface area contributed by atoms with E-state index in [9.17, 15) is 4.79 Å². The summed E-state index contributed by atoms with van der Waals surface area (Å²) in [6.45, 7) is 3.60. The minimum Gasteiger partial charge on any atom is -0.392 e. The molecule has 0 fully saturated rings. The number of hydrogen-bond acceptors (Lipinski definition) is 2. The lowest BCUT2D eigenvalue weighted by Gasteiger charge is -2.06. The Balaban J connectivity index is 2.26. The summed E-state index contributed by atoms with van der Waals surface area (Å²) in [5.41, 5.74) is 5.09. The zero-order chi connectivity index (χ0) is 14.5. The first kappa shape index (κ1) is 14.2. The molecule has 0 aliphatic carbocycles. The van der Waals surface area contributed by atoms with E-state index in [1.807, 2.05) is 55.5 Å². The fourth-order valence-corrected chi connectivity index (χ4v) is 2.08. The van der Waals surface area contributed by atoms with Crippen LogP contribution >= 0.6 is 0 Å². The summed E-state index contributed by atoms with van der Waals surface area (Å²) < 4.78 is 0. The molecule has 0 aliphatic rings. The van der Waals surface area contributed by atoms with Crippen LogP contribution in [0.4, 0.5) is 0 Å². The number of carbonyl (C=O) groups is 1. The summed E-state index contributed by atoms with van der Waals surface area (Å²) in [6.07, 6.45) is 1.79. The van der Waals surface area contributed by atoms with Crippen molar-refractivity contribution in [3.05, 3.63) is 65.7 Å². The molecule has 2 nitrogen and oxygen atoms in total. The predicted molar refractivity (Wildman–Crippen MR) is 82.6 cm³/mol. The number of hydrogen-bond donors (Lipinski definition) is 1. The van der Waals surface area contributed by atoms with E-state index in [4.69, 9.17) is 5.11 Å². The highest BCUT2D eigenvalue weighted by Crippen LogP contribution is 2.23. The topological polar surface area (TPSA) is 37.3 Å². The van der Waals surface area contributed by atoms with Gasteiger partial charge in [-0.1, -0.05) is 54.6 Å². The van der Waals surface area contributed by atoms with E-state index < -0.39 is 0 Å². The molecule has 2 rings (SSSR count). The summed E-state index contributed by atoms with van der Waals surface area (Å²) in [5.74, 6) is 0.0802. The van der Waals surface area contributed by atoms with Crippen molar-refractivity contribution in [1.82, 2.24) is 0 Å². The number of Topliss-reactive ketones (excluding diaryl/α,β-unsaturated/α-hetero) is 1. The summed E-state index contributed by atoms with van der Waals surface area (Å²) in [7, 11) is 0. The van der Waals surface area contributed by atoms with Crippen LogP contribution in [0.1, 0.15) is 29.8 Å². The van der Waals surface area contributed by atoms with Crippen molar-refractivity contribution in [2.45, 2.75) is 13.8 Å². The molecule has 0 radical (unpaired) electrons. The zero-order valence-corrected chi connectivity index (χ0v) is 11.8. The van der Waals surface area contributed by atoms with E-state index in [0.29, 0.717) is 0 Å². The third-order valence-electron chi connectivity index (χ3n) is 3.36. The standard InChI is InChI=1S/C18H18O2/c1-13(11-12-19)15-3-7-17(8-4-15)18-9-5-16(6-10-18)14(2)20/h3-11,19H,12H2,1-2H3/b13-11+. The summed E-state index contributed by atoms with van der Waals surface area (Å²) in [4.78, 5) is 11.2. The van der Waals surface area contributed by atoms with Crippen molar-refractivity contribution in [3.63, 3.8) is 0 Å². The first-order chi connectivity index (χ1) is 9.61. The second-order valence-corrected chi connectivity index (χ2v) is 4.78. The van der Waals surface area contributed by atoms with Gasteiger partial charge in [0.05, 0.1) is 6.61 Å². The van der Waals surface area contributed by atoms with Gasteiger partial charge in [0, 0.05) is 5.56 Å². The highest BCUT2D eigenvalue weighted by Gasteiger charge is 2.02. The quantitative estimate of drug-likeness (QED) is 0.851. The van der Waals surface area contributed by atoms with Crippen LogP contribution in [0.25, 0.3) is 16.7 Å². The minimum atomic E-state index is 0.0556. The van der Waals surface area contributed by atoms with Crippen molar-refractivity contribution in [2.75, 3.05) is 6.61 Å². The Hall–Kier alpha value is -2.19. The van der Waals surface area contributed by atoms with Gasteiger partial charge in [-0.2, -0.15) is 0 Å². The van der Waals surface area contributed by atoms with Crippen LogP contribution in [0.3, 0.4) is 0 Å². The second kappa shape index (κ2) is 6.31. The maximum atomic E-state index is 11.2. The third kappa shape index (κ3) is 3.22. The molecule has 20 heavy (non-hydrogen) atoms. The molecule has 0 saturated carbocycles. The van der Waals surface area contributed by atoms with Crippen LogP contribution < -0.4 is 0 Å². The first-order valence-corrected chi connectivity index (χ1v) is 6.61. The first-order valence-electron chi connectivity index (χ1n) is 6.61. The molecule has 0 amide bonds. The molecule has 0 bridgehead atoms. The number of ketones is 1. The van der Waals surface area contributed by atoms with Crippen molar-refractivity contribution in [3.8, 4) is 11.1 Å². The average Bonchev–Trinajstić information content (AvgIpc) is 2.48. The van der Waals surface area contributed by atoms with Crippen LogP contribution in [0.5, 0.6) is 0 Å². The lowest BCUT2D eigenvalue weighted by molar-refractivity contribution is 0.101. The predicted octanol–water partition coefficient (Wildman–Crippen LogP) is 3.95. The van der Waals surface area contributed by atoms with Gasteiger partial charge in [-0.3, -0.25) is 4.79 Å². The fourth-order valence-electron chi connectivity index (χ4n) is 2.08. The fraction of sp³-hybridized carbons (Fsp3) is 0.167. The molecule has 2 heteroatoms. The number of aliphatic hydroxyl groups excluding tert-OH is 1. The normalized spacial score (nSPS) is 11.4. The van der Waals surface area contributed by atoms with Gasteiger partial charge in [0.2, 0.25) is 0 Å². The van der Waals surface area contributed by atoms with Gasteiger partial charge in [0.25, 0.3) is 0 Å². The highest BCUT2D eigenvalue weighted by atomic mass is 16.2. The second-order valence-electron chi connectivity index (χ2n) is 4.78. The Bertz CT molecular complexity index is 619. The zero-order valence-electron chi connectivity index (χ0n) is 11.8. The number of benzene rings is 2. The Morgan fingerprint density at radius 3 is 1.75 bits per heavy atom. The Labute approximate surface area is 119 Å². The maximum absolute atomic E-state index is 11.2. The molecule has 2 aromatic rings. The van der Waals surface area contributed by atoms with E-state index in [2.05, 4.69) is 0 Å². The summed E-state index contributed by atoms with van der Waals surface area (Å²) in [5, 5.41) is 8.90. The van der Waals surface area contributed by atoms with Gasteiger partial charge in [0.15, 0.2) is 5.78 Å². The monoisotopic (exact) mass is 266 g/mol. The molecule has 0 aliphatic heterocycles. The van der Waals surface area contributed by atoms with Crippen molar-refractivity contribution >= 4 is 11.4 Å². The van der Waals surface area contributed by atoms with Gasteiger partial charge in [-0.15, -0.1) is 0 Å². The molecular formula is C18H18O2. The number of carbonyl (C=O) groups excluding carboxylic acids is 1. The van der Waals surface area contributed by atoms with Crippen LogP contribution in [-0.4, -0.2) is 17.5 Å². The lowest BCUT2D eigenvalue weighted by Crippen LogP contribution is -1.90. The molecule has 0 spiro atoms. The molecule has 2 aromatic carbocycles. The molecule has 102 valence electrons. The number of allylic oxidation sites excluding steroid dienone is 1. The number of rotatable bonds is 4. The van der Waals surface area contributed by atoms with Crippen LogP contribution in [0, 0.1) is 0 Å². The van der Waals surface area contributed by atoms with Gasteiger partial charge < -0.3 is 5.11 Å². The Morgan fingerprint density at radius 1 is 0.900 bits per heavy atom. The molecule has 0 saturated heterocycles. The molecular weight excluding hydrogens is 248 g/mol. The highest BCUT2D eigenvalue weighted by molar-refractivity contribution is 5.94. The molecule has 0 heterocycles. The molecule has 1 N–H and O–H groups in total. The van der Waals surface area contributed by atoms with Gasteiger partial charge in [0.1, 0.15) is 0 Å². The smallest absolute Gasteiger partial charge is 0.159 e. The maximum Gasteiger partial charge on any atom is 0.159 e. The van der Waals surface area contributed by atoms with Crippen molar-refractivity contribution in [2.24, 2.45) is 0 Å². The lowest BCUT2D eigenvalue weighted by atomic mass is 9.99. The molecule has 0 aromatic heterocycles. The van der Waals surface area contributed by atoms with Crippen LogP contribution in [0.2, 0.25) is 0 Å². The van der Waals surface area contributed by atoms with Gasteiger partial charge in [-0.25, -0.2) is 0 Å². The van der Waals surface area contributed by atoms with Gasteiger partial charge in [-0.05, 0) is 36.1 Å². The number of aliphatic hydroxyl groups is 1. The SMILES string of the molecule is CC(=O)c1ccc(-c2ccc(/C(C)=C/CO)cc2)cc1. The van der Waals surface area contributed by atoms with Crippen LogP contribution in [-0.2, 0) is 0 Å². The van der Waals surface area contributed by atoms with E-state index in [0.717, 1.165) is 27.8 Å². The average molecular weight is 266 g/mol. The largest absolute Gasteiger partial charge is 0.392 e. The summed E-state index contributed by atoms with van der Waals surface area (Å²) in [6, 6.07) is 15.8. The third-order valence-corrected chi connectivity index (χ3v) is 3.36. The van der Waals surface area contributed by atoms with E-state index in [1.54, 1.807) is 13.0 Å². The van der Waals surface area contributed by atoms with Crippen molar-refractivity contribution in [1.29, 1.82) is 0 Å². The van der Waals surface area contributed by atoms with Gasteiger partial charge >= 0.3 is 0 Å². The van der Waals surface area contributed by atoms with E-state index in [1.165, 1.54) is 0 Å². The minimum absolute atomic E-state index is 0.0556. The van der Waals surface area contributed by atoms with Crippen molar-refractivity contribution < 1.29 is 9.90 Å². The molecule has 0 unspecified atom stereocenters. The Kier molecular flexibility index (Phi) is 4.49. The Morgan fingerprint density at radius 2 is 1.35 bits per heavy atom. The van der Waals surface area contributed by atoms with E-state index in [-0.39, 0.29) is 12.4 Å². The summed E-state index contributed by atoms with van der Waals surface area (Å²) >= 11 is 0. The molecule has 0 atom stereocenters.